The minimum atomic E-state index is -0.248. The summed E-state index contributed by atoms with van der Waals surface area (Å²) in [5.74, 6) is 1.64. The van der Waals surface area contributed by atoms with Gasteiger partial charge in [-0.25, -0.2) is 0 Å². The second-order valence-corrected chi connectivity index (χ2v) is 9.78. The average Bonchev–Trinajstić information content (AvgIpc) is 2.79. The summed E-state index contributed by atoms with van der Waals surface area (Å²) in [4.78, 5) is 24.1. The van der Waals surface area contributed by atoms with E-state index < -0.39 is 0 Å². The highest BCUT2D eigenvalue weighted by Crippen LogP contribution is 2.67. The summed E-state index contributed by atoms with van der Waals surface area (Å²) in [7, 11) is 0. The zero-order chi connectivity index (χ0) is 18.1. The molecule has 0 bridgehead atoms. The molecule has 0 aromatic carbocycles. The Kier molecular flexibility index (Phi) is 3.81. The number of hydrogen-bond donors (Lipinski definition) is 2. The van der Waals surface area contributed by atoms with Crippen LogP contribution in [0.2, 0.25) is 0 Å². The van der Waals surface area contributed by atoms with Crippen LogP contribution in [0, 0.1) is 40.4 Å². The van der Waals surface area contributed by atoms with Crippen LogP contribution in [0.15, 0.2) is 23.5 Å². The quantitative estimate of drug-likeness (QED) is 0.677. The second kappa shape index (κ2) is 5.48. The lowest BCUT2D eigenvalue weighted by molar-refractivity contribution is -0.122. The molecule has 3 nitrogen and oxygen atoms in total. The first kappa shape index (κ1) is 17.4. The van der Waals surface area contributed by atoms with Gasteiger partial charge in [-0.3, -0.25) is 9.59 Å². The molecule has 0 spiro atoms. The lowest BCUT2D eigenvalue weighted by Crippen LogP contribution is -2.50. The Balaban J connectivity index is 1.72. The van der Waals surface area contributed by atoms with Gasteiger partial charge in [0.05, 0.1) is 0 Å². The number of fused-ring (bicyclic) bond motifs is 5. The van der Waals surface area contributed by atoms with Crippen LogP contribution in [-0.2, 0) is 9.59 Å². The Bertz CT molecular complexity index is 708. The van der Waals surface area contributed by atoms with Crippen molar-refractivity contribution in [3.63, 3.8) is 0 Å². The van der Waals surface area contributed by atoms with Crippen molar-refractivity contribution in [3.8, 4) is 0 Å². The highest BCUT2D eigenvalue weighted by Gasteiger charge is 2.61. The van der Waals surface area contributed by atoms with E-state index in [9.17, 15) is 14.7 Å². The van der Waals surface area contributed by atoms with Gasteiger partial charge in [0.25, 0.3) is 0 Å². The Morgan fingerprint density at radius 2 is 2.00 bits per heavy atom. The van der Waals surface area contributed by atoms with Gasteiger partial charge < -0.3 is 5.11 Å². The van der Waals surface area contributed by atoms with Gasteiger partial charge in [-0.1, -0.05) is 26.3 Å². The summed E-state index contributed by atoms with van der Waals surface area (Å²) in [6.07, 6.45) is 8.69. The van der Waals surface area contributed by atoms with Crippen LogP contribution in [-0.4, -0.2) is 16.0 Å². The van der Waals surface area contributed by atoms with Gasteiger partial charge in [-0.15, -0.1) is 12.6 Å². The number of rotatable bonds is 1. The van der Waals surface area contributed by atoms with Crippen LogP contribution in [0.5, 0.6) is 0 Å². The number of aliphatic hydroxyl groups excluding tert-OH is 1. The van der Waals surface area contributed by atoms with Gasteiger partial charge in [0.1, 0.15) is 0 Å². The van der Waals surface area contributed by atoms with Crippen molar-refractivity contribution in [2.24, 2.45) is 40.4 Å². The summed E-state index contributed by atoms with van der Waals surface area (Å²) in [5, 5.41) is 10.1. The Labute approximate surface area is 155 Å². The molecule has 0 heterocycles. The van der Waals surface area contributed by atoms with E-state index in [1.807, 2.05) is 6.08 Å². The average molecular weight is 361 g/mol. The number of carbonyl (C=O) groups excluding carboxylic acids is 2. The van der Waals surface area contributed by atoms with Gasteiger partial charge in [0.15, 0.2) is 10.9 Å². The van der Waals surface area contributed by atoms with Crippen molar-refractivity contribution in [1.29, 1.82) is 0 Å². The molecule has 0 aliphatic heterocycles. The molecule has 3 fully saturated rings. The number of carbonyl (C=O) groups is 2. The molecule has 4 rings (SSSR count). The number of hydrogen-bond acceptors (Lipinski definition) is 3. The molecular formula is C21H28O3S. The maximum Gasteiger partial charge on any atom is 0.219 e. The lowest BCUT2D eigenvalue weighted by Gasteiger charge is -2.56. The van der Waals surface area contributed by atoms with E-state index in [-0.39, 0.29) is 33.4 Å². The molecule has 4 aliphatic carbocycles. The number of ketones is 1. The molecular weight excluding hydrogens is 332 g/mol. The number of thiol groups is 1. The fraction of sp³-hybridized carbons (Fsp3) is 0.714. The number of aliphatic hydroxyl groups is 1. The largest absolute Gasteiger partial charge is 0.504 e. The van der Waals surface area contributed by atoms with Crippen molar-refractivity contribution < 1.29 is 14.7 Å². The standard InChI is InChI=1S/C21H28O3S/c1-11-8-15-13-5-4-12-9-16(22)17(23)10-21(12,3)14(13)6-7-20(15,2)18(11)19(24)25/h9-11,13-15,18,23H,4-8H2,1-3H3,(H,24,25)/t11-,13-,14+,15+,18-,20+,21+/m1/s1. The van der Waals surface area contributed by atoms with E-state index in [0.29, 0.717) is 23.7 Å². The topological polar surface area (TPSA) is 54.4 Å². The molecule has 1 N–H and O–H groups in total. The van der Waals surface area contributed by atoms with Crippen LogP contribution in [0.25, 0.3) is 0 Å². The van der Waals surface area contributed by atoms with Crippen molar-refractivity contribution in [2.75, 3.05) is 0 Å². The molecule has 3 saturated carbocycles. The maximum atomic E-state index is 12.2. The highest BCUT2D eigenvalue weighted by molar-refractivity contribution is 7.96. The van der Waals surface area contributed by atoms with Gasteiger partial charge >= 0.3 is 0 Å². The van der Waals surface area contributed by atoms with Gasteiger partial charge in [-0.05, 0) is 73.3 Å². The molecule has 0 aromatic heterocycles. The van der Waals surface area contributed by atoms with Crippen molar-refractivity contribution in [1.82, 2.24) is 0 Å². The molecule has 136 valence electrons. The fourth-order valence-electron chi connectivity index (χ4n) is 7.17. The second-order valence-electron chi connectivity index (χ2n) is 9.34. The summed E-state index contributed by atoms with van der Waals surface area (Å²) in [5.41, 5.74) is 1.02. The van der Waals surface area contributed by atoms with E-state index in [2.05, 4.69) is 33.4 Å². The molecule has 4 heteroatoms. The summed E-state index contributed by atoms with van der Waals surface area (Å²) >= 11 is 4.23. The minimum absolute atomic E-state index is 0.0488. The molecule has 0 aromatic rings. The molecule has 25 heavy (non-hydrogen) atoms. The third-order valence-corrected chi connectivity index (χ3v) is 8.53. The Morgan fingerprint density at radius 3 is 2.68 bits per heavy atom. The molecule has 0 radical (unpaired) electrons. The fourth-order valence-corrected chi connectivity index (χ4v) is 7.72. The van der Waals surface area contributed by atoms with Gasteiger partial charge in [-0.2, -0.15) is 0 Å². The van der Waals surface area contributed by atoms with Gasteiger partial charge in [0.2, 0.25) is 5.78 Å². The molecule has 4 aliphatic rings. The van der Waals surface area contributed by atoms with Gasteiger partial charge in [0, 0.05) is 11.3 Å². The first-order valence-corrected chi connectivity index (χ1v) is 10.0. The SMILES string of the molecule is C[C@@H]1C[C@H]2[C@@H]3CCC4=CC(=O)C(O)=C[C@]4(C)[C@H]3CC[C@]2(C)[C@H]1C(=O)S. The minimum Gasteiger partial charge on any atom is -0.504 e. The van der Waals surface area contributed by atoms with Crippen molar-refractivity contribution >= 4 is 23.5 Å². The first-order chi connectivity index (χ1) is 11.7. The number of allylic oxidation sites excluding steroid dienone is 3. The predicted octanol–water partition coefficient (Wildman–Crippen LogP) is 4.50. The molecule has 0 saturated heterocycles. The lowest BCUT2D eigenvalue weighted by atomic mass is 9.48. The Morgan fingerprint density at radius 1 is 1.28 bits per heavy atom. The van der Waals surface area contributed by atoms with Crippen molar-refractivity contribution in [2.45, 2.75) is 52.9 Å². The normalized spacial score (nSPS) is 48.8. The highest BCUT2D eigenvalue weighted by atomic mass is 32.1. The third-order valence-electron chi connectivity index (χ3n) is 8.25. The van der Waals surface area contributed by atoms with Crippen LogP contribution in [0.3, 0.4) is 0 Å². The zero-order valence-corrected chi connectivity index (χ0v) is 16.2. The zero-order valence-electron chi connectivity index (χ0n) is 15.3. The van der Waals surface area contributed by atoms with E-state index >= 15 is 0 Å². The molecule has 0 unspecified atom stereocenters. The van der Waals surface area contributed by atoms with E-state index in [4.69, 9.17) is 0 Å². The van der Waals surface area contributed by atoms with E-state index in [1.54, 1.807) is 6.08 Å². The predicted molar refractivity (Wildman–Crippen MR) is 100 cm³/mol. The monoisotopic (exact) mass is 360 g/mol. The summed E-state index contributed by atoms with van der Waals surface area (Å²) < 4.78 is 0. The van der Waals surface area contributed by atoms with E-state index in [0.717, 1.165) is 32.1 Å². The van der Waals surface area contributed by atoms with Crippen LogP contribution in [0.1, 0.15) is 52.9 Å². The van der Waals surface area contributed by atoms with Crippen LogP contribution >= 0.6 is 12.6 Å². The smallest absolute Gasteiger partial charge is 0.219 e. The Hall–Kier alpha value is -1.03. The van der Waals surface area contributed by atoms with E-state index in [1.165, 1.54) is 5.57 Å². The maximum absolute atomic E-state index is 12.2. The van der Waals surface area contributed by atoms with Crippen LogP contribution < -0.4 is 0 Å². The summed E-state index contributed by atoms with van der Waals surface area (Å²) in [6.45, 7) is 6.71. The first-order valence-electron chi connectivity index (χ1n) is 9.58. The molecule has 0 amide bonds. The molecule has 7 atom stereocenters. The van der Waals surface area contributed by atoms with Crippen LogP contribution in [0.4, 0.5) is 0 Å². The van der Waals surface area contributed by atoms with Crippen molar-refractivity contribution in [3.05, 3.63) is 23.5 Å². The third kappa shape index (κ3) is 2.25. The summed E-state index contributed by atoms with van der Waals surface area (Å²) in [6, 6.07) is 0.